The van der Waals surface area contributed by atoms with Crippen LogP contribution in [0.15, 0.2) is 60.8 Å². The molecule has 0 saturated heterocycles. The van der Waals surface area contributed by atoms with E-state index in [0.717, 1.165) is 16.0 Å². The second kappa shape index (κ2) is 7.31. The lowest BCUT2D eigenvalue weighted by Crippen LogP contribution is -2.11. The van der Waals surface area contributed by atoms with E-state index in [4.69, 9.17) is 14.9 Å². The molecule has 0 aliphatic rings. The maximum atomic E-state index is 10.9. The number of nitrogens with zero attached hydrogens (tertiary/aromatic N) is 6. The molecule has 4 aromatic rings. The van der Waals surface area contributed by atoms with Gasteiger partial charge in [0.05, 0.1) is 18.4 Å². The minimum Gasteiger partial charge on any atom is -0.496 e. The van der Waals surface area contributed by atoms with Gasteiger partial charge in [-0.2, -0.15) is 9.90 Å². The van der Waals surface area contributed by atoms with Gasteiger partial charge in [-0.25, -0.2) is 4.68 Å². The molecule has 0 bridgehead atoms. The van der Waals surface area contributed by atoms with E-state index in [1.54, 1.807) is 18.0 Å². The normalized spacial score (nSPS) is 10.8. The summed E-state index contributed by atoms with van der Waals surface area (Å²) >= 11 is 0. The number of carboxylic acids is 1. The van der Waals surface area contributed by atoms with Crippen LogP contribution >= 0.6 is 0 Å². The van der Waals surface area contributed by atoms with Crippen molar-refractivity contribution in [3.63, 3.8) is 0 Å². The Bertz CT molecular complexity index is 1120. The number of tetrazole rings is 1. The molecule has 9 heteroatoms. The number of methoxy groups -OCH3 is 1. The van der Waals surface area contributed by atoms with Gasteiger partial charge >= 0.3 is 5.97 Å². The van der Waals surface area contributed by atoms with E-state index in [1.807, 2.05) is 54.6 Å². The molecule has 0 atom stereocenters. The van der Waals surface area contributed by atoms with Crippen LogP contribution in [-0.2, 0) is 11.3 Å². The highest BCUT2D eigenvalue weighted by molar-refractivity contribution is 5.80. The molecule has 0 aliphatic carbocycles. The molecule has 2 aromatic carbocycles. The molecule has 0 unspecified atom stereocenters. The number of carboxylic acid groups (broad SMARTS) is 1. The molecule has 0 radical (unpaired) electrons. The summed E-state index contributed by atoms with van der Waals surface area (Å²) in [6, 6.07) is 17.1. The van der Waals surface area contributed by atoms with Crippen LogP contribution in [0.3, 0.4) is 0 Å². The summed E-state index contributed by atoms with van der Waals surface area (Å²) in [6.45, 7) is -0.371. The second-order valence-electron chi connectivity index (χ2n) is 5.91. The van der Waals surface area contributed by atoms with Crippen LogP contribution in [0, 0.1) is 0 Å². The molecule has 0 saturated carbocycles. The van der Waals surface area contributed by atoms with Gasteiger partial charge in [-0.15, -0.1) is 10.2 Å². The van der Waals surface area contributed by atoms with E-state index in [1.165, 1.54) is 0 Å². The van der Waals surface area contributed by atoms with Crippen LogP contribution in [0.4, 0.5) is 0 Å². The van der Waals surface area contributed by atoms with E-state index in [-0.39, 0.29) is 12.4 Å². The third-order valence-corrected chi connectivity index (χ3v) is 4.07. The summed E-state index contributed by atoms with van der Waals surface area (Å²) in [7, 11) is 1.59. The maximum absolute atomic E-state index is 10.9. The zero-order valence-electron chi connectivity index (χ0n) is 14.9. The molecule has 1 N–H and O–H groups in total. The summed E-state index contributed by atoms with van der Waals surface area (Å²) in [5.74, 6) is -0.113. The summed E-state index contributed by atoms with van der Waals surface area (Å²) < 4.78 is 7.19. The van der Waals surface area contributed by atoms with Crippen molar-refractivity contribution in [1.82, 2.24) is 30.0 Å². The number of aromatic nitrogens is 6. The molecule has 2 aromatic heterocycles. The van der Waals surface area contributed by atoms with E-state index >= 15 is 0 Å². The van der Waals surface area contributed by atoms with Crippen LogP contribution in [-0.4, -0.2) is 48.2 Å². The lowest BCUT2D eigenvalue weighted by molar-refractivity contribution is -0.138. The first-order valence-electron chi connectivity index (χ1n) is 8.44. The number of hydrogen-bond acceptors (Lipinski definition) is 6. The summed E-state index contributed by atoms with van der Waals surface area (Å²) in [5, 5.41) is 25.7. The fourth-order valence-electron chi connectivity index (χ4n) is 2.83. The van der Waals surface area contributed by atoms with E-state index in [9.17, 15) is 4.79 Å². The molecule has 0 aliphatic heterocycles. The first-order valence-corrected chi connectivity index (χ1v) is 8.44. The fourth-order valence-corrected chi connectivity index (χ4v) is 2.83. The van der Waals surface area contributed by atoms with Crippen molar-refractivity contribution in [2.75, 3.05) is 7.11 Å². The molecule has 4 rings (SSSR count). The van der Waals surface area contributed by atoms with Gasteiger partial charge in [0.15, 0.2) is 6.54 Å². The van der Waals surface area contributed by atoms with E-state index in [0.29, 0.717) is 17.0 Å². The monoisotopic (exact) mass is 376 g/mol. The minimum atomic E-state index is -1.05. The Morgan fingerprint density at radius 3 is 2.54 bits per heavy atom. The van der Waals surface area contributed by atoms with Crippen molar-refractivity contribution < 1.29 is 14.6 Å². The van der Waals surface area contributed by atoms with Gasteiger partial charge < -0.3 is 9.84 Å². The van der Waals surface area contributed by atoms with Crippen LogP contribution in [0.2, 0.25) is 0 Å². The summed E-state index contributed by atoms with van der Waals surface area (Å²) in [6.07, 6.45) is 1.79. The highest BCUT2D eigenvalue weighted by atomic mass is 16.5. The lowest BCUT2D eigenvalue weighted by atomic mass is 10.1. The molecular formula is C19H16N6O3. The Morgan fingerprint density at radius 2 is 1.79 bits per heavy atom. The molecule has 9 nitrogen and oxygen atoms in total. The Hall–Kier alpha value is -4.01. The van der Waals surface area contributed by atoms with Crippen LogP contribution in [0.1, 0.15) is 0 Å². The number of carbonyl (C=O) groups is 1. The topological polar surface area (TPSA) is 108 Å². The van der Waals surface area contributed by atoms with Crippen molar-refractivity contribution >= 4 is 5.97 Å². The fraction of sp³-hybridized carbons (Fsp3) is 0.105. The lowest BCUT2D eigenvalue weighted by Gasteiger charge is -2.06. The van der Waals surface area contributed by atoms with Gasteiger partial charge in [-0.05, 0) is 29.5 Å². The Labute approximate surface area is 159 Å². The van der Waals surface area contributed by atoms with Crippen molar-refractivity contribution in [1.29, 1.82) is 0 Å². The first kappa shape index (κ1) is 17.4. The largest absolute Gasteiger partial charge is 0.496 e. The van der Waals surface area contributed by atoms with Gasteiger partial charge in [0.25, 0.3) is 0 Å². The standard InChI is InChI=1S/C19H16N6O3/c1-28-16-10-6-5-9-14(16)18-15(19-20-23-25(22-19)12-17(26)27)11-24(21-18)13-7-3-2-4-8-13/h2-11H,12H2,1H3,(H,26,27). The first-order chi connectivity index (χ1) is 13.7. The number of ether oxygens (including phenoxy) is 1. The SMILES string of the molecule is COc1ccccc1-c1nn(-c2ccccc2)cc1-c1nnn(CC(=O)O)n1. The average molecular weight is 376 g/mol. The highest BCUT2D eigenvalue weighted by Gasteiger charge is 2.21. The molecule has 28 heavy (non-hydrogen) atoms. The van der Waals surface area contributed by atoms with Crippen molar-refractivity contribution in [3.05, 3.63) is 60.8 Å². The molecule has 2 heterocycles. The number of aliphatic carboxylic acids is 1. The predicted octanol–water partition coefficient (Wildman–Crippen LogP) is 2.29. The maximum Gasteiger partial charge on any atom is 0.327 e. The molecule has 0 amide bonds. The van der Waals surface area contributed by atoms with Crippen molar-refractivity contribution in [3.8, 4) is 34.1 Å². The van der Waals surface area contributed by atoms with Gasteiger partial charge in [0, 0.05) is 11.8 Å². The third-order valence-electron chi connectivity index (χ3n) is 4.07. The molecule has 0 spiro atoms. The molecule has 0 fully saturated rings. The molecule has 140 valence electrons. The summed E-state index contributed by atoms with van der Waals surface area (Å²) in [4.78, 5) is 11.9. The van der Waals surface area contributed by atoms with Crippen molar-refractivity contribution in [2.24, 2.45) is 0 Å². The highest BCUT2D eigenvalue weighted by Crippen LogP contribution is 2.35. The van der Waals surface area contributed by atoms with Gasteiger partial charge in [-0.3, -0.25) is 4.79 Å². The predicted molar refractivity (Wildman–Crippen MR) is 100.0 cm³/mol. The van der Waals surface area contributed by atoms with Crippen LogP contribution in [0.25, 0.3) is 28.3 Å². The zero-order chi connectivity index (χ0) is 19.5. The Morgan fingerprint density at radius 1 is 1.04 bits per heavy atom. The average Bonchev–Trinajstić information content (AvgIpc) is 3.35. The van der Waals surface area contributed by atoms with Gasteiger partial charge in [-0.1, -0.05) is 30.3 Å². The van der Waals surface area contributed by atoms with Crippen LogP contribution in [0.5, 0.6) is 5.75 Å². The van der Waals surface area contributed by atoms with Gasteiger partial charge in [0.2, 0.25) is 5.82 Å². The van der Waals surface area contributed by atoms with Crippen LogP contribution < -0.4 is 4.74 Å². The zero-order valence-corrected chi connectivity index (χ0v) is 14.9. The second-order valence-corrected chi connectivity index (χ2v) is 5.91. The number of hydrogen-bond donors (Lipinski definition) is 1. The smallest absolute Gasteiger partial charge is 0.327 e. The number of rotatable bonds is 6. The quantitative estimate of drug-likeness (QED) is 0.550. The Kier molecular flexibility index (Phi) is 4.55. The Balaban J connectivity index is 1.87. The van der Waals surface area contributed by atoms with E-state index in [2.05, 4.69) is 15.4 Å². The van der Waals surface area contributed by atoms with Crippen molar-refractivity contribution in [2.45, 2.75) is 6.54 Å². The van der Waals surface area contributed by atoms with E-state index < -0.39 is 5.97 Å². The molecular weight excluding hydrogens is 360 g/mol. The number of benzene rings is 2. The third kappa shape index (κ3) is 3.32. The summed E-state index contributed by atoms with van der Waals surface area (Å²) in [5.41, 5.74) is 2.85. The van der Waals surface area contributed by atoms with Gasteiger partial charge in [0.1, 0.15) is 11.4 Å². The number of para-hydroxylation sites is 2. The minimum absolute atomic E-state index is 0.282.